The molecule has 1 heterocycles. The first-order valence-electron chi connectivity index (χ1n) is 6.70. The molecule has 1 aromatic carbocycles. The van der Waals surface area contributed by atoms with E-state index < -0.39 is 5.82 Å². The number of hydrogen-bond donors (Lipinski definition) is 2. The minimum Gasteiger partial charge on any atom is -0.494 e. The van der Waals surface area contributed by atoms with E-state index in [2.05, 4.69) is 20.6 Å². The molecule has 112 valence electrons. The van der Waals surface area contributed by atoms with Gasteiger partial charge in [0, 0.05) is 30.8 Å². The fourth-order valence-electron chi connectivity index (χ4n) is 1.80. The average Bonchev–Trinajstić information content (AvgIpc) is 2.48. The van der Waals surface area contributed by atoms with Crippen LogP contribution >= 0.6 is 0 Å². The molecule has 0 unspecified atom stereocenters. The topological polar surface area (TPSA) is 59.1 Å². The molecule has 2 rings (SSSR count). The molecule has 0 fully saturated rings. The fourth-order valence-corrected chi connectivity index (χ4v) is 1.80. The van der Waals surface area contributed by atoms with Crippen molar-refractivity contribution in [1.29, 1.82) is 0 Å². The standard InChI is InChI=1S/C15H19FN4O/c1-9(2)15-19-13(17-3)8-14(20-15)18-10-5-6-11(16)12(7-10)21-4/h5-9H,1-4H3,(H2,17,18,19,20). The Morgan fingerprint density at radius 2 is 1.86 bits per heavy atom. The molecule has 0 aliphatic rings. The van der Waals surface area contributed by atoms with Gasteiger partial charge in [-0.25, -0.2) is 14.4 Å². The Morgan fingerprint density at radius 1 is 1.14 bits per heavy atom. The zero-order valence-corrected chi connectivity index (χ0v) is 12.6. The van der Waals surface area contributed by atoms with Gasteiger partial charge in [-0.05, 0) is 12.1 Å². The summed E-state index contributed by atoms with van der Waals surface area (Å²) in [4.78, 5) is 8.85. The number of benzene rings is 1. The number of hydrogen-bond acceptors (Lipinski definition) is 5. The number of anilines is 3. The summed E-state index contributed by atoms with van der Waals surface area (Å²) in [5.41, 5.74) is 0.698. The number of methoxy groups -OCH3 is 1. The second-order valence-electron chi connectivity index (χ2n) is 4.88. The molecule has 21 heavy (non-hydrogen) atoms. The fraction of sp³-hybridized carbons (Fsp3) is 0.333. The lowest BCUT2D eigenvalue weighted by Crippen LogP contribution is -2.05. The van der Waals surface area contributed by atoms with E-state index in [0.717, 1.165) is 11.6 Å². The van der Waals surface area contributed by atoms with E-state index in [1.807, 2.05) is 13.8 Å². The van der Waals surface area contributed by atoms with Crippen molar-refractivity contribution in [3.8, 4) is 5.75 Å². The van der Waals surface area contributed by atoms with Crippen LogP contribution in [0.3, 0.4) is 0 Å². The lowest BCUT2D eigenvalue weighted by atomic mass is 10.2. The highest BCUT2D eigenvalue weighted by atomic mass is 19.1. The van der Waals surface area contributed by atoms with Crippen molar-refractivity contribution >= 4 is 17.3 Å². The van der Waals surface area contributed by atoms with Gasteiger partial charge in [-0.3, -0.25) is 0 Å². The highest BCUT2D eigenvalue weighted by molar-refractivity contribution is 5.61. The van der Waals surface area contributed by atoms with E-state index in [-0.39, 0.29) is 11.7 Å². The maximum Gasteiger partial charge on any atom is 0.165 e. The molecule has 0 bridgehead atoms. The lowest BCUT2D eigenvalue weighted by Gasteiger charge is -2.12. The Bertz CT molecular complexity index is 631. The van der Waals surface area contributed by atoms with Crippen LogP contribution < -0.4 is 15.4 Å². The number of ether oxygens (including phenoxy) is 1. The maximum atomic E-state index is 13.4. The largest absolute Gasteiger partial charge is 0.494 e. The van der Waals surface area contributed by atoms with Gasteiger partial charge in [0.2, 0.25) is 0 Å². The predicted molar refractivity (Wildman–Crippen MR) is 81.9 cm³/mol. The summed E-state index contributed by atoms with van der Waals surface area (Å²) < 4.78 is 18.4. The van der Waals surface area contributed by atoms with Crippen molar-refractivity contribution in [3.05, 3.63) is 35.9 Å². The van der Waals surface area contributed by atoms with Crippen LogP contribution in [-0.2, 0) is 0 Å². The zero-order chi connectivity index (χ0) is 15.4. The predicted octanol–water partition coefficient (Wildman–Crippen LogP) is 3.53. The minimum atomic E-state index is -0.399. The van der Waals surface area contributed by atoms with Crippen molar-refractivity contribution in [2.75, 3.05) is 24.8 Å². The van der Waals surface area contributed by atoms with Gasteiger partial charge in [0.15, 0.2) is 11.6 Å². The molecular weight excluding hydrogens is 271 g/mol. The van der Waals surface area contributed by atoms with Crippen LogP contribution in [0.25, 0.3) is 0 Å². The molecule has 2 N–H and O–H groups in total. The molecule has 0 spiro atoms. The SMILES string of the molecule is CNc1cc(Nc2ccc(F)c(OC)c2)nc(C(C)C)n1. The van der Waals surface area contributed by atoms with Gasteiger partial charge in [-0.15, -0.1) is 0 Å². The second kappa shape index (κ2) is 6.39. The molecule has 0 saturated carbocycles. The van der Waals surface area contributed by atoms with Crippen LogP contribution in [0.1, 0.15) is 25.6 Å². The summed E-state index contributed by atoms with van der Waals surface area (Å²) in [6.45, 7) is 4.05. The molecule has 0 saturated heterocycles. The lowest BCUT2D eigenvalue weighted by molar-refractivity contribution is 0.387. The van der Waals surface area contributed by atoms with Crippen molar-refractivity contribution in [1.82, 2.24) is 9.97 Å². The zero-order valence-electron chi connectivity index (χ0n) is 12.6. The summed E-state index contributed by atoms with van der Waals surface area (Å²) in [5, 5.41) is 6.14. The quantitative estimate of drug-likeness (QED) is 0.882. The molecule has 0 amide bonds. The number of nitrogens with one attached hydrogen (secondary N) is 2. The van der Waals surface area contributed by atoms with Gasteiger partial charge < -0.3 is 15.4 Å². The molecule has 2 aromatic rings. The van der Waals surface area contributed by atoms with E-state index in [1.54, 1.807) is 25.2 Å². The highest BCUT2D eigenvalue weighted by Crippen LogP contribution is 2.25. The first-order chi connectivity index (χ1) is 10.0. The molecule has 0 aliphatic carbocycles. The summed E-state index contributed by atoms with van der Waals surface area (Å²) in [6, 6.07) is 6.37. The van der Waals surface area contributed by atoms with Crippen LogP contribution in [-0.4, -0.2) is 24.1 Å². The minimum absolute atomic E-state index is 0.187. The van der Waals surface area contributed by atoms with Crippen LogP contribution in [0.4, 0.5) is 21.7 Å². The van der Waals surface area contributed by atoms with Gasteiger partial charge in [-0.2, -0.15) is 0 Å². The van der Waals surface area contributed by atoms with Gasteiger partial charge in [-0.1, -0.05) is 13.8 Å². The first kappa shape index (κ1) is 15.0. The number of aromatic nitrogens is 2. The van der Waals surface area contributed by atoms with Crippen LogP contribution in [0.2, 0.25) is 0 Å². The van der Waals surface area contributed by atoms with E-state index in [9.17, 15) is 4.39 Å². The van der Waals surface area contributed by atoms with Crippen LogP contribution in [0.5, 0.6) is 5.75 Å². The van der Waals surface area contributed by atoms with Gasteiger partial charge >= 0.3 is 0 Å². The van der Waals surface area contributed by atoms with E-state index in [0.29, 0.717) is 11.5 Å². The molecule has 0 atom stereocenters. The smallest absolute Gasteiger partial charge is 0.165 e. The number of rotatable bonds is 5. The van der Waals surface area contributed by atoms with Crippen molar-refractivity contribution in [3.63, 3.8) is 0 Å². The van der Waals surface area contributed by atoms with Crippen LogP contribution in [0.15, 0.2) is 24.3 Å². The van der Waals surface area contributed by atoms with E-state index in [4.69, 9.17) is 4.74 Å². The molecule has 5 nitrogen and oxygen atoms in total. The molecule has 0 aliphatic heterocycles. The monoisotopic (exact) mass is 290 g/mol. The van der Waals surface area contributed by atoms with Gasteiger partial charge in [0.1, 0.15) is 17.5 Å². The Labute approximate surface area is 123 Å². The molecule has 1 aromatic heterocycles. The summed E-state index contributed by atoms with van der Waals surface area (Å²) in [7, 11) is 3.24. The normalized spacial score (nSPS) is 10.6. The Kier molecular flexibility index (Phi) is 4.57. The maximum absolute atomic E-state index is 13.4. The molecule has 0 radical (unpaired) electrons. The van der Waals surface area contributed by atoms with Gasteiger partial charge in [0.05, 0.1) is 7.11 Å². The third-order valence-corrected chi connectivity index (χ3v) is 2.94. The van der Waals surface area contributed by atoms with Crippen molar-refractivity contribution < 1.29 is 9.13 Å². The summed E-state index contributed by atoms with van der Waals surface area (Å²) >= 11 is 0. The van der Waals surface area contributed by atoms with E-state index >= 15 is 0 Å². The van der Waals surface area contributed by atoms with Gasteiger partial charge in [0.25, 0.3) is 0 Å². The third-order valence-electron chi connectivity index (χ3n) is 2.94. The van der Waals surface area contributed by atoms with Crippen LogP contribution in [0, 0.1) is 5.82 Å². The number of nitrogens with zero attached hydrogens (tertiary/aromatic N) is 2. The summed E-state index contributed by atoms with van der Waals surface area (Å²) in [5.74, 6) is 2.11. The molecule has 6 heteroatoms. The third kappa shape index (κ3) is 3.59. The number of halogens is 1. The highest BCUT2D eigenvalue weighted by Gasteiger charge is 2.09. The average molecular weight is 290 g/mol. The van der Waals surface area contributed by atoms with Crippen molar-refractivity contribution in [2.24, 2.45) is 0 Å². The molecular formula is C15H19FN4O. The van der Waals surface area contributed by atoms with Crippen molar-refractivity contribution in [2.45, 2.75) is 19.8 Å². The second-order valence-corrected chi connectivity index (χ2v) is 4.88. The first-order valence-corrected chi connectivity index (χ1v) is 6.70. The van der Waals surface area contributed by atoms with E-state index in [1.165, 1.54) is 13.2 Å². The Hall–Kier alpha value is -2.37. The summed E-state index contributed by atoms with van der Waals surface area (Å²) in [6.07, 6.45) is 0. The Balaban J connectivity index is 2.32. The Morgan fingerprint density at radius 3 is 2.48 bits per heavy atom.